The largest absolute Gasteiger partial charge is 0.493 e. The monoisotopic (exact) mass is 311 g/mol. The zero-order chi connectivity index (χ0) is 16.7. The highest BCUT2D eigenvalue weighted by Crippen LogP contribution is 2.20. The molecule has 4 nitrogen and oxygen atoms in total. The molecular weight excluding hydrogens is 290 g/mol. The number of rotatable bonds is 7. The molecule has 0 aliphatic rings. The summed E-state index contributed by atoms with van der Waals surface area (Å²) < 4.78 is 5.68. The second kappa shape index (κ2) is 8.13. The van der Waals surface area contributed by atoms with Gasteiger partial charge in [0.15, 0.2) is 5.78 Å². The van der Waals surface area contributed by atoms with Gasteiger partial charge >= 0.3 is 0 Å². The minimum absolute atomic E-state index is 0.00227. The van der Waals surface area contributed by atoms with Crippen LogP contribution in [0.1, 0.15) is 47.4 Å². The van der Waals surface area contributed by atoms with Crippen molar-refractivity contribution < 1.29 is 14.3 Å². The Bertz CT molecular complexity index is 677. The van der Waals surface area contributed by atoms with Crippen LogP contribution in [0.2, 0.25) is 0 Å². The summed E-state index contributed by atoms with van der Waals surface area (Å²) in [6.45, 7) is 4.19. The van der Waals surface area contributed by atoms with Crippen LogP contribution >= 0.6 is 0 Å². The Kier molecular flexibility index (Phi) is 5.92. The van der Waals surface area contributed by atoms with E-state index in [0.29, 0.717) is 29.2 Å². The van der Waals surface area contributed by atoms with Gasteiger partial charge in [0.05, 0.1) is 12.2 Å². The van der Waals surface area contributed by atoms with Gasteiger partial charge in [0.2, 0.25) is 0 Å². The van der Waals surface area contributed by atoms with Gasteiger partial charge < -0.3 is 10.1 Å². The molecule has 0 atom stereocenters. The molecule has 0 aliphatic heterocycles. The van der Waals surface area contributed by atoms with E-state index in [2.05, 4.69) is 12.2 Å². The van der Waals surface area contributed by atoms with E-state index in [1.807, 2.05) is 6.07 Å². The number of hydrogen-bond acceptors (Lipinski definition) is 3. The molecule has 23 heavy (non-hydrogen) atoms. The van der Waals surface area contributed by atoms with Crippen molar-refractivity contribution >= 4 is 17.4 Å². The molecule has 0 saturated carbocycles. The number of unbranched alkanes of at least 4 members (excludes halogenated alkanes) is 1. The first kappa shape index (κ1) is 16.7. The number of carbonyl (C=O) groups excluding carboxylic acids is 2. The number of ether oxygens (including phenoxy) is 1. The van der Waals surface area contributed by atoms with Crippen LogP contribution in [0.15, 0.2) is 48.5 Å². The number of nitrogens with one attached hydrogen (secondary N) is 1. The summed E-state index contributed by atoms with van der Waals surface area (Å²) in [6, 6.07) is 14.0. The highest BCUT2D eigenvalue weighted by molar-refractivity contribution is 6.06. The molecule has 4 heteroatoms. The molecule has 0 saturated heterocycles. The van der Waals surface area contributed by atoms with Crippen LogP contribution in [0, 0.1) is 0 Å². The predicted molar refractivity (Wildman–Crippen MR) is 91.2 cm³/mol. The molecule has 0 heterocycles. The van der Waals surface area contributed by atoms with E-state index >= 15 is 0 Å². The lowest BCUT2D eigenvalue weighted by Gasteiger charge is -2.11. The Morgan fingerprint density at radius 3 is 2.39 bits per heavy atom. The Hall–Kier alpha value is -2.62. The second-order valence-corrected chi connectivity index (χ2v) is 5.29. The number of benzene rings is 2. The van der Waals surface area contributed by atoms with Gasteiger partial charge in [-0.3, -0.25) is 9.59 Å². The Morgan fingerprint density at radius 1 is 1.04 bits per heavy atom. The summed E-state index contributed by atoms with van der Waals surface area (Å²) in [6.07, 6.45) is 1.99. The SMILES string of the molecule is CCCCOc1ccccc1C(=O)Nc1ccc(C(C)=O)cc1. The normalized spacial score (nSPS) is 10.2. The van der Waals surface area contributed by atoms with Crippen LogP contribution in [0.25, 0.3) is 0 Å². The third kappa shape index (κ3) is 4.68. The van der Waals surface area contributed by atoms with Crippen molar-refractivity contribution in [1.82, 2.24) is 0 Å². The van der Waals surface area contributed by atoms with E-state index in [0.717, 1.165) is 12.8 Å². The van der Waals surface area contributed by atoms with Crippen molar-refractivity contribution in [2.45, 2.75) is 26.7 Å². The minimum Gasteiger partial charge on any atom is -0.493 e. The summed E-state index contributed by atoms with van der Waals surface area (Å²) in [4.78, 5) is 23.7. The molecule has 120 valence electrons. The zero-order valence-electron chi connectivity index (χ0n) is 13.5. The van der Waals surface area contributed by atoms with E-state index in [1.54, 1.807) is 42.5 Å². The summed E-state index contributed by atoms with van der Waals surface area (Å²) in [5.41, 5.74) is 1.76. The Labute approximate surface area is 136 Å². The third-order valence-electron chi connectivity index (χ3n) is 3.44. The number of amides is 1. The molecule has 0 radical (unpaired) electrons. The summed E-state index contributed by atoms with van der Waals surface area (Å²) >= 11 is 0. The second-order valence-electron chi connectivity index (χ2n) is 5.29. The summed E-state index contributed by atoms with van der Waals surface area (Å²) in [7, 11) is 0. The van der Waals surface area contributed by atoms with Gasteiger partial charge in [-0.15, -0.1) is 0 Å². The van der Waals surface area contributed by atoms with Crippen LogP contribution in [0.4, 0.5) is 5.69 Å². The van der Waals surface area contributed by atoms with Gasteiger partial charge in [-0.25, -0.2) is 0 Å². The number of hydrogen-bond donors (Lipinski definition) is 1. The maximum Gasteiger partial charge on any atom is 0.259 e. The van der Waals surface area contributed by atoms with Gasteiger partial charge in [-0.05, 0) is 49.7 Å². The molecule has 0 bridgehead atoms. The number of ketones is 1. The van der Waals surface area contributed by atoms with Crippen LogP contribution in [0.5, 0.6) is 5.75 Å². The molecule has 0 fully saturated rings. The standard InChI is InChI=1S/C19H21NO3/c1-3-4-13-23-18-8-6-5-7-17(18)19(22)20-16-11-9-15(10-12-16)14(2)21/h5-12H,3-4,13H2,1-2H3,(H,20,22). The fourth-order valence-corrected chi connectivity index (χ4v) is 2.09. The van der Waals surface area contributed by atoms with Crippen molar-refractivity contribution in [1.29, 1.82) is 0 Å². The first-order valence-electron chi connectivity index (χ1n) is 7.76. The van der Waals surface area contributed by atoms with Crippen LogP contribution < -0.4 is 10.1 Å². The van der Waals surface area contributed by atoms with Gasteiger partial charge in [0.25, 0.3) is 5.91 Å². The smallest absolute Gasteiger partial charge is 0.259 e. The Balaban J connectivity index is 2.09. The van der Waals surface area contributed by atoms with E-state index in [1.165, 1.54) is 6.92 Å². The average molecular weight is 311 g/mol. The number of anilines is 1. The lowest BCUT2D eigenvalue weighted by Crippen LogP contribution is -2.14. The van der Waals surface area contributed by atoms with Crippen molar-refractivity contribution in [3.05, 3.63) is 59.7 Å². The lowest BCUT2D eigenvalue weighted by molar-refractivity contribution is 0.101. The van der Waals surface area contributed by atoms with Crippen LogP contribution in [0.3, 0.4) is 0 Å². The molecule has 2 rings (SSSR count). The molecule has 0 spiro atoms. The fraction of sp³-hybridized carbons (Fsp3) is 0.263. The predicted octanol–water partition coefficient (Wildman–Crippen LogP) is 4.32. The summed E-state index contributed by atoms with van der Waals surface area (Å²) in [5.74, 6) is 0.351. The zero-order valence-corrected chi connectivity index (χ0v) is 13.5. The molecule has 0 aromatic heterocycles. The molecular formula is C19H21NO3. The quantitative estimate of drug-likeness (QED) is 0.612. The molecule has 0 unspecified atom stereocenters. The van der Waals surface area contributed by atoms with Crippen molar-refractivity contribution in [2.75, 3.05) is 11.9 Å². The first-order valence-corrected chi connectivity index (χ1v) is 7.76. The fourth-order valence-electron chi connectivity index (χ4n) is 2.09. The number of carbonyl (C=O) groups is 2. The van der Waals surface area contributed by atoms with E-state index in [9.17, 15) is 9.59 Å². The number of Topliss-reactive ketones (excluding diaryl/α,β-unsaturated/α-hetero) is 1. The highest BCUT2D eigenvalue weighted by Gasteiger charge is 2.12. The molecule has 1 amide bonds. The lowest BCUT2D eigenvalue weighted by atomic mass is 10.1. The molecule has 1 N–H and O–H groups in total. The van der Waals surface area contributed by atoms with Gasteiger partial charge in [0, 0.05) is 11.3 Å². The summed E-state index contributed by atoms with van der Waals surface area (Å²) in [5, 5.41) is 2.82. The van der Waals surface area contributed by atoms with Crippen molar-refractivity contribution in [2.24, 2.45) is 0 Å². The van der Waals surface area contributed by atoms with Crippen molar-refractivity contribution in [3.63, 3.8) is 0 Å². The maximum atomic E-state index is 12.4. The molecule has 0 aliphatic carbocycles. The van der Waals surface area contributed by atoms with Crippen LogP contribution in [-0.2, 0) is 0 Å². The first-order chi connectivity index (χ1) is 11.1. The number of para-hydroxylation sites is 1. The van der Waals surface area contributed by atoms with E-state index in [-0.39, 0.29) is 11.7 Å². The minimum atomic E-state index is -0.229. The van der Waals surface area contributed by atoms with Gasteiger partial charge in [-0.2, -0.15) is 0 Å². The Morgan fingerprint density at radius 2 is 1.74 bits per heavy atom. The van der Waals surface area contributed by atoms with Crippen LogP contribution in [-0.4, -0.2) is 18.3 Å². The van der Waals surface area contributed by atoms with E-state index in [4.69, 9.17) is 4.74 Å². The van der Waals surface area contributed by atoms with Crippen molar-refractivity contribution in [3.8, 4) is 5.75 Å². The van der Waals surface area contributed by atoms with Gasteiger partial charge in [0.1, 0.15) is 5.75 Å². The maximum absolute atomic E-state index is 12.4. The highest BCUT2D eigenvalue weighted by atomic mass is 16.5. The molecule has 2 aromatic carbocycles. The third-order valence-corrected chi connectivity index (χ3v) is 3.44. The topological polar surface area (TPSA) is 55.4 Å². The van der Waals surface area contributed by atoms with Gasteiger partial charge in [-0.1, -0.05) is 25.5 Å². The molecule has 2 aromatic rings. The average Bonchev–Trinajstić information content (AvgIpc) is 2.56. The van der Waals surface area contributed by atoms with E-state index < -0.39 is 0 Å².